The summed E-state index contributed by atoms with van der Waals surface area (Å²) >= 11 is 0. The molecule has 0 radical (unpaired) electrons. The molecule has 5 heteroatoms. The van der Waals surface area contributed by atoms with Crippen LogP contribution in [0.4, 0.5) is 5.95 Å². The fraction of sp³-hybridized carbons (Fsp3) is 0.438. The minimum absolute atomic E-state index is 0.186. The third-order valence-electron chi connectivity index (χ3n) is 3.44. The number of hydrogen-bond acceptors (Lipinski definition) is 4. The second kappa shape index (κ2) is 8.19. The maximum absolute atomic E-state index is 11.7. The lowest BCUT2D eigenvalue weighted by Gasteiger charge is -2.12. The van der Waals surface area contributed by atoms with Gasteiger partial charge >= 0.3 is 0 Å². The van der Waals surface area contributed by atoms with Crippen LogP contribution < -0.4 is 10.6 Å². The summed E-state index contributed by atoms with van der Waals surface area (Å²) < 4.78 is 0. The molecule has 2 N–H and O–H groups in total. The van der Waals surface area contributed by atoms with Crippen molar-refractivity contribution in [3.63, 3.8) is 0 Å². The summed E-state index contributed by atoms with van der Waals surface area (Å²) in [6.45, 7) is 4.82. The molecular weight excluding hydrogens is 264 g/mol. The van der Waals surface area contributed by atoms with Crippen molar-refractivity contribution in [2.45, 2.75) is 32.1 Å². The quantitative estimate of drug-likeness (QED) is 0.756. The zero-order chi connectivity index (χ0) is 14.9. The van der Waals surface area contributed by atoms with Gasteiger partial charge in [0.05, 0.1) is 5.56 Å². The van der Waals surface area contributed by atoms with E-state index in [1.807, 2.05) is 0 Å². The van der Waals surface area contributed by atoms with E-state index >= 15 is 0 Å². The van der Waals surface area contributed by atoms with Crippen LogP contribution in [0.15, 0.2) is 36.7 Å². The average molecular weight is 286 g/mol. The zero-order valence-electron chi connectivity index (χ0n) is 12.3. The lowest BCUT2D eigenvalue weighted by atomic mass is 9.97. The minimum Gasteiger partial charge on any atom is -0.354 e. The van der Waals surface area contributed by atoms with Crippen molar-refractivity contribution in [3.05, 3.63) is 42.3 Å². The second-order valence-corrected chi connectivity index (χ2v) is 5.08. The number of aromatic nitrogens is 2. The summed E-state index contributed by atoms with van der Waals surface area (Å²) in [7, 11) is 0. The van der Waals surface area contributed by atoms with Gasteiger partial charge in [-0.25, -0.2) is 9.97 Å². The molecule has 0 spiro atoms. The molecule has 0 fully saturated rings. The first-order valence-corrected chi connectivity index (χ1v) is 7.42. The molecule has 0 aliphatic heterocycles. The number of allylic oxidation sites excluding steroid dienone is 1. The Balaban J connectivity index is 1.78. The van der Waals surface area contributed by atoms with Crippen molar-refractivity contribution in [1.82, 2.24) is 15.3 Å². The van der Waals surface area contributed by atoms with E-state index in [1.165, 1.54) is 43.7 Å². The number of nitrogens with zero attached hydrogens (tertiary/aromatic N) is 2. The van der Waals surface area contributed by atoms with Crippen LogP contribution in [0.2, 0.25) is 0 Å². The Kier molecular flexibility index (Phi) is 5.94. The molecule has 1 heterocycles. The summed E-state index contributed by atoms with van der Waals surface area (Å²) in [5.41, 5.74) is 1.98. The van der Waals surface area contributed by atoms with Crippen LogP contribution in [0.3, 0.4) is 0 Å². The van der Waals surface area contributed by atoms with Gasteiger partial charge in [0.2, 0.25) is 5.95 Å². The molecule has 0 bridgehead atoms. The lowest BCUT2D eigenvalue weighted by molar-refractivity contribution is 0.0957. The van der Waals surface area contributed by atoms with E-state index in [0.29, 0.717) is 18.1 Å². The molecule has 0 atom stereocenters. The Bertz CT molecular complexity index is 508. The van der Waals surface area contributed by atoms with Gasteiger partial charge in [-0.1, -0.05) is 17.7 Å². The van der Waals surface area contributed by atoms with Gasteiger partial charge in [-0.15, -0.1) is 6.58 Å². The SMILES string of the molecule is C=CCNC(=O)c1cnc(NCCC2=CCCCC2)nc1. The molecule has 1 aromatic heterocycles. The molecule has 1 aromatic rings. The highest BCUT2D eigenvalue weighted by Crippen LogP contribution is 2.19. The standard InChI is InChI=1S/C16H22N4O/c1-2-9-17-15(21)14-11-19-16(20-12-14)18-10-8-13-6-4-3-5-7-13/h2,6,11-12H,1,3-5,7-10H2,(H,17,21)(H,18,19,20). The second-order valence-electron chi connectivity index (χ2n) is 5.08. The highest BCUT2D eigenvalue weighted by molar-refractivity contribution is 5.93. The maximum Gasteiger partial charge on any atom is 0.254 e. The molecule has 5 nitrogen and oxygen atoms in total. The third kappa shape index (κ3) is 5.02. The van der Waals surface area contributed by atoms with E-state index < -0.39 is 0 Å². The fourth-order valence-electron chi connectivity index (χ4n) is 2.27. The van der Waals surface area contributed by atoms with Crippen molar-refractivity contribution in [2.24, 2.45) is 0 Å². The zero-order valence-corrected chi connectivity index (χ0v) is 12.3. The molecule has 1 aliphatic rings. The predicted molar refractivity (Wildman–Crippen MR) is 84.2 cm³/mol. The largest absolute Gasteiger partial charge is 0.354 e. The van der Waals surface area contributed by atoms with Crippen LogP contribution >= 0.6 is 0 Å². The third-order valence-corrected chi connectivity index (χ3v) is 3.44. The molecule has 0 unspecified atom stereocenters. The summed E-state index contributed by atoms with van der Waals surface area (Å²) in [6, 6.07) is 0. The molecule has 0 aromatic carbocycles. The van der Waals surface area contributed by atoms with Gasteiger partial charge in [0.25, 0.3) is 5.91 Å². The van der Waals surface area contributed by atoms with Gasteiger partial charge in [0.1, 0.15) is 0 Å². The number of amides is 1. The van der Waals surface area contributed by atoms with Crippen LogP contribution in [0.25, 0.3) is 0 Å². The highest BCUT2D eigenvalue weighted by atomic mass is 16.1. The van der Waals surface area contributed by atoms with Gasteiger partial charge in [-0.05, 0) is 32.1 Å². The van der Waals surface area contributed by atoms with Gasteiger partial charge in [0.15, 0.2) is 0 Å². The lowest BCUT2D eigenvalue weighted by Crippen LogP contribution is -2.23. The minimum atomic E-state index is -0.186. The van der Waals surface area contributed by atoms with Gasteiger partial charge < -0.3 is 10.6 Å². The summed E-state index contributed by atoms with van der Waals surface area (Å²) in [5, 5.41) is 5.88. The number of hydrogen-bond donors (Lipinski definition) is 2. The van der Waals surface area contributed by atoms with E-state index in [9.17, 15) is 4.79 Å². The van der Waals surface area contributed by atoms with Gasteiger partial charge in [0, 0.05) is 25.5 Å². The van der Waals surface area contributed by atoms with E-state index in [2.05, 4.69) is 33.3 Å². The number of carbonyl (C=O) groups excluding carboxylic acids is 1. The Labute approximate surface area is 125 Å². The van der Waals surface area contributed by atoms with Crippen LogP contribution in [0.5, 0.6) is 0 Å². The van der Waals surface area contributed by atoms with Crippen LogP contribution in [0.1, 0.15) is 42.5 Å². The molecule has 21 heavy (non-hydrogen) atoms. The van der Waals surface area contributed by atoms with Crippen LogP contribution in [0, 0.1) is 0 Å². The van der Waals surface area contributed by atoms with E-state index in [-0.39, 0.29) is 5.91 Å². The monoisotopic (exact) mass is 286 g/mol. The normalized spacial score (nSPS) is 14.2. The fourth-order valence-corrected chi connectivity index (χ4v) is 2.27. The van der Waals surface area contributed by atoms with Crippen LogP contribution in [-0.4, -0.2) is 29.0 Å². The number of nitrogens with one attached hydrogen (secondary N) is 2. The Hall–Kier alpha value is -2.17. The van der Waals surface area contributed by atoms with Crippen molar-refractivity contribution < 1.29 is 4.79 Å². The molecule has 0 saturated heterocycles. The summed E-state index contributed by atoms with van der Waals surface area (Å²) in [6.07, 6.45) is 13.1. The number of anilines is 1. The molecule has 0 saturated carbocycles. The maximum atomic E-state index is 11.7. The Morgan fingerprint density at radius 1 is 1.33 bits per heavy atom. The first kappa shape index (κ1) is 15.2. The highest BCUT2D eigenvalue weighted by Gasteiger charge is 2.06. The Morgan fingerprint density at radius 2 is 2.14 bits per heavy atom. The molecule has 1 aliphatic carbocycles. The van der Waals surface area contributed by atoms with Crippen molar-refractivity contribution in [2.75, 3.05) is 18.4 Å². The molecular formula is C16H22N4O. The van der Waals surface area contributed by atoms with Crippen molar-refractivity contribution in [1.29, 1.82) is 0 Å². The van der Waals surface area contributed by atoms with E-state index in [0.717, 1.165) is 13.0 Å². The van der Waals surface area contributed by atoms with E-state index in [1.54, 1.807) is 6.08 Å². The summed E-state index contributed by atoms with van der Waals surface area (Å²) in [4.78, 5) is 20.0. The molecule has 1 amide bonds. The first-order chi connectivity index (χ1) is 10.3. The topological polar surface area (TPSA) is 66.9 Å². The van der Waals surface area contributed by atoms with E-state index in [4.69, 9.17) is 0 Å². The van der Waals surface area contributed by atoms with Crippen molar-refractivity contribution in [3.8, 4) is 0 Å². The predicted octanol–water partition coefficient (Wildman–Crippen LogP) is 2.69. The Morgan fingerprint density at radius 3 is 2.81 bits per heavy atom. The first-order valence-electron chi connectivity index (χ1n) is 7.42. The number of carbonyl (C=O) groups is 1. The van der Waals surface area contributed by atoms with Crippen molar-refractivity contribution >= 4 is 11.9 Å². The van der Waals surface area contributed by atoms with Gasteiger partial charge in [-0.2, -0.15) is 0 Å². The average Bonchev–Trinajstić information content (AvgIpc) is 2.54. The molecule has 112 valence electrons. The van der Waals surface area contributed by atoms with Crippen LogP contribution in [-0.2, 0) is 0 Å². The number of rotatable bonds is 7. The molecule has 2 rings (SSSR count). The smallest absolute Gasteiger partial charge is 0.254 e. The van der Waals surface area contributed by atoms with Gasteiger partial charge in [-0.3, -0.25) is 4.79 Å². The summed E-state index contributed by atoms with van der Waals surface area (Å²) in [5.74, 6) is 0.375.